The number of hydrogen-bond donors (Lipinski definition) is 1. The lowest BCUT2D eigenvalue weighted by molar-refractivity contribution is -0.171. The molecule has 31 heavy (non-hydrogen) atoms. The van der Waals surface area contributed by atoms with Gasteiger partial charge in [-0.2, -0.15) is 0 Å². The van der Waals surface area contributed by atoms with Crippen LogP contribution in [0.2, 0.25) is 0 Å². The summed E-state index contributed by atoms with van der Waals surface area (Å²) in [6.07, 6.45) is 0.183. The van der Waals surface area contributed by atoms with Gasteiger partial charge in [-0.3, -0.25) is 0 Å². The van der Waals surface area contributed by atoms with Crippen molar-refractivity contribution in [2.45, 2.75) is 45.3 Å². The predicted molar refractivity (Wildman–Crippen MR) is 121 cm³/mol. The maximum absolute atomic E-state index is 11.9. The quantitative estimate of drug-likeness (QED) is 0.254. The number of carbonyl (C=O) groups is 2. The largest absolute Gasteiger partial charge is 0.463 e. The van der Waals surface area contributed by atoms with Crippen LogP contribution in [0.25, 0.3) is 32.3 Å². The van der Waals surface area contributed by atoms with Gasteiger partial charge in [0.15, 0.2) is 6.10 Å². The molecule has 0 aliphatic heterocycles. The zero-order valence-corrected chi connectivity index (χ0v) is 17.8. The van der Waals surface area contributed by atoms with Crippen LogP contribution in [-0.4, -0.2) is 35.9 Å². The number of aryl methyl sites for hydroxylation is 1. The third-order valence-corrected chi connectivity index (χ3v) is 5.67. The molecule has 0 spiro atoms. The Morgan fingerprint density at radius 2 is 1.48 bits per heavy atom. The lowest BCUT2D eigenvalue weighted by atomic mass is 9.91. The summed E-state index contributed by atoms with van der Waals surface area (Å²) in [5.74, 6) is -1.44. The predicted octanol–water partition coefficient (Wildman–Crippen LogP) is 4.76. The molecule has 2 atom stereocenters. The highest BCUT2D eigenvalue weighted by Crippen LogP contribution is 2.36. The minimum atomic E-state index is -1.26. The van der Waals surface area contributed by atoms with Crippen LogP contribution in [0.3, 0.4) is 0 Å². The van der Waals surface area contributed by atoms with Crippen LogP contribution >= 0.6 is 0 Å². The normalized spacial score (nSPS) is 13.5. The van der Waals surface area contributed by atoms with Gasteiger partial charge in [0.25, 0.3) is 0 Å². The summed E-state index contributed by atoms with van der Waals surface area (Å²) >= 11 is 0. The molecule has 0 heterocycles. The number of esters is 2. The van der Waals surface area contributed by atoms with Crippen molar-refractivity contribution in [3.63, 3.8) is 0 Å². The Labute approximate surface area is 180 Å². The number of rotatable bonds is 8. The van der Waals surface area contributed by atoms with Crippen molar-refractivity contribution in [1.82, 2.24) is 0 Å². The van der Waals surface area contributed by atoms with Crippen molar-refractivity contribution >= 4 is 44.3 Å². The van der Waals surface area contributed by atoms with E-state index in [9.17, 15) is 9.59 Å². The molecule has 5 heteroatoms. The fourth-order valence-corrected chi connectivity index (χ4v) is 4.04. The highest BCUT2D eigenvalue weighted by molar-refractivity contribution is 6.23. The summed E-state index contributed by atoms with van der Waals surface area (Å²) in [6, 6.07) is 19.5. The Hall–Kier alpha value is -3.18. The third-order valence-electron chi connectivity index (χ3n) is 5.67. The van der Waals surface area contributed by atoms with Gasteiger partial charge in [0.05, 0.1) is 6.61 Å². The molecule has 4 aromatic carbocycles. The van der Waals surface area contributed by atoms with E-state index in [0.717, 1.165) is 12.8 Å². The first-order valence-corrected chi connectivity index (χ1v) is 10.7. The average Bonchev–Trinajstić information content (AvgIpc) is 2.77. The van der Waals surface area contributed by atoms with E-state index in [-0.39, 0.29) is 6.61 Å². The number of carbonyl (C=O) groups excluding carboxylic acids is 2. The van der Waals surface area contributed by atoms with Crippen LogP contribution in [-0.2, 0) is 25.5 Å². The van der Waals surface area contributed by atoms with Crippen LogP contribution in [0.4, 0.5) is 0 Å². The summed E-state index contributed by atoms with van der Waals surface area (Å²) in [5, 5.41) is 16.8. The topological polar surface area (TPSA) is 72.8 Å². The monoisotopic (exact) mass is 418 g/mol. The molecule has 1 N–H and O–H groups in total. The lowest BCUT2D eigenvalue weighted by Crippen LogP contribution is -2.30. The number of benzene rings is 4. The van der Waals surface area contributed by atoms with Gasteiger partial charge >= 0.3 is 11.9 Å². The van der Waals surface area contributed by atoms with E-state index in [1.54, 1.807) is 0 Å². The molecule has 4 rings (SSSR count). The number of unbranched alkanes of at least 4 members (excludes halogenated alkanes) is 1. The number of aliphatic hydroxyl groups is 1. The van der Waals surface area contributed by atoms with E-state index in [1.165, 1.54) is 51.7 Å². The van der Waals surface area contributed by atoms with Crippen molar-refractivity contribution in [2.75, 3.05) is 6.61 Å². The van der Waals surface area contributed by atoms with Gasteiger partial charge in [-0.05, 0) is 71.0 Å². The molecule has 160 valence electrons. The van der Waals surface area contributed by atoms with Crippen molar-refractivity contribution < 1.29 is 24.2 Å². The second-order valence-corrected chi connectivity index (χ2v) is 7.96. The molecule has 0 aliphatic carbocycles. The minimum Gasteiger partial charge on any atom is -0.463 e. The molecule has 4 aromatic rings. The zero-order valence-electron chi connectivity index (χ0n) is 17.8. The average molecular weight is 418 g/mol. The fourth-order valence-electron chi connectivity index (χ4n) is 4.04. The molecule has 0 bridgehead atoms. The number of aliphatic hydroxyl groups excluding tert-OH is 1. The van der Waals surface area contributed by atoms with E-state index in [1.807, 2.05) is 0 Å². The van der Waals surface area contributed by atoms with Crippen LogP contribution in [0.15, 0.2) is 54.6 Å². The molecule has 2 unspecified atom stereocenters. The van der Waals surface area contributed by atoms with Gasteiger partial charge in [0.2, 0.25) is 0 Å². The van der Waals surface area contributed by atoms with E-state index in [2.05, 4.69) is 54.6 Å². The molecule has 0 saturated heterocycles. The summed E-state index contributed by atoms with van der Waals surface area (Å²) in [4.78, 5) is 23.3. The van der Waals surface area contributed by atoms with Gasteiger partial charge in [-0.15, -0.1) is 0 Å². The molecule has 0 radical (unpaired) electrons. The number of hydrogen-bond acceptors (Lipinski definition) is 5. The van der Waals surface area contributed by atoms with Crippen LogP contribution in [0, 0.1) is 0 Å². The Balaban J connectivity index is 1.38. The highest BCUT2D eigenvalue weighted by Gasteiger charge is 2.21. The Morgan fingerprint density at radius 1 is 0.839 bits per heavy atom. The minimum absolute atomic E-state index is 0.265. The van der Waals surface area contributed by atoms with Crippen molar-refractivity contribution in [3.8, 4) is 0 Å². The first kappa shape index (κ1) is 21.1. The molecule has 0 amide bonds. The highest BCUT2D eigenvalue weighted by atomic mass is 16.6. The second kappa shape index (κ2) is 8.90. The van der Waals surface area contributed by atoms with E-state index in [4.69, 9.17) is 14.6 Å². The second-order valence-electron chi connectivity index (χ2n) is 7.96. The first-order chi connectivity index (χ1) is 15.0. The van der Waals surface area contributed by atoms with Crippen molar-refractivity contribution in [2.24, 2.45) is 0 Å². The van der Waals surface area contributed by atoms with Crippen molar-refractivity contribution in [1.29, 1.82) is 0 Å². The SMILES string of the molecule is CC(O)C(=O)OC(C)C(=O)OCCCCc1ccc2ccc3cccc4ccc1c2c34. The van der Waals surface area contributed by atoms with E-state index in [0.29, 0.717) is 6.42 Å². The van der Waals surface area contributed by atoms with Gasteiger partial charge in [0, 0.05) is 0 Å². The smallest absolute Gasteiger partial charge is 0.347 e. The molecule has 5 nitrogen and oxygen atoms in total. The Bertz CT molecular complexity index is 1210. The number of ether oxygens (including phenoxy) is 2. The summed E-state index contributed by atoms with van der Waals surface area (Å²) in [5.41, 5.74) is 1.29. The molecule has 0 fully saturated rings. The van der Waals surface area contributed by atoms with Crippen molar-refractivity contribution in [3.05, 3.63) is 60.2 Å². The third kappa shape index (κ3) is 4.32. The fraction of sp³-hybridized carbons (Fsp3) is 0.308. The van der Waals surface area contributed by atoms with E-state index >= 15 is 0 Å². The van der Waals surface area contributed by atoms with E-state index < -0.39 is 24.1 Å². The molecule has 0 saturated carbocycles. The molecular formula is C26H26O5. The van der Waals surface area contributed by atoms with Gasteiger partial charge in [-0.25, -0.2) is 9.59 Å². The zero-order chi connectivity index (χ0) is 22.0. The summed E-state index contributed by atoms with van der Waals surface area (Å²) in [6.45, 7) is 2.99. The lowest BCUT2D eigenvalue weighted by Gasteiger charge is -2.15. The maximum Gasteiger partial charge on any atom is 0.347 e. The van der Waals surface area contributed by atoms with Gasteiger partial charge in [0.1, 0.15) is 6.10 Å². The Kier molecular flexibility index (Phi) is 6.05. The maximum atomic E-state index is 11.9. The molecule has 0 aromatic heterocycles. The van der Waals surface area contributed by atoms with Crippen LogP contribution < -0.4 is 0 Å². The summed E-state index contributed by atoms with van der Waals surface area (Å²) in [7, 11) is 0. The molecular weight excluding hydrogens is 392 g/mol. The van der Waals surface area contributed by atoms with Crippen LogP contribution in [0.1, 0.15) is 32.3 Å². The van der Waals surface area contributed by atoms with Gasteiger partial charge < -0.3 is 14.6 Å². The molecule has 0 aliphatic rings. The van der Waals surface area contributed by atoms with Crippen LogP contribution in [0.5, 0.6) is 0 Å². The Morgan fingerprint density at radius 3 is 2.19 bits per heavy atom. The summed E-state index contributed by atoms with van der Waals surface area (Å²) < 4.78 is 10.0. The van der Waals surface area contributed by atoms with Gasteiger partial charge in [-0.1, -0.05) is 54.6 Å². The first-order valence-electron chi connectivity index (χ1n) is 10.7. The standard InChI is InChI=1S/C26H26O5/c1-16(27)25(28)31-17(2)26(29)30-15-4-3-6-18-9-10-21-12-11-19-7-5-8-20-13-14-22(18)24(21)23(19)20/h5,7-14,16-17,27H,3-4,6,15H2,1-2H3.